The Morgan fingerprint density at radius 2 is 1.47 bits per heavy atom. The molecular weight excluding hydrogens is 596 g/mol. The summed E-state index contributed by atoms with van der Waals surface area (Å²) in [6.07, 6.45) is 6.25. The number of hydrogen-bond acceptors (Lipinski definition) is 7. The molecule has 4 saturated carbocycles. The standard InChI is InChI=1S/C37H48N4O6/c1-35(2,3)46-33(43)41(34(44)47-36(4,5)6)32-28-13-12-27(17-29(28)39-40(32)22-26-10-8-9-11-30(26)45-7)38-31(42)21-37-18-23-14-24(19-37)16-25(15-23)20-37/h8-13,17,23-25H,14-16,18-22H2,1-7H3,(H,38,42). The Hall–Kier alpha value is -4.08. The Bertz CT molecular complexity index is 1620. The van der Waals surface area contributed by atoms with Crippen LogP contribution in [0, 0.1) is 23.2 Å². The second kappa shape index (κ2) is 12.2. The Labute approximate surface area is 277 Å². The fourth-order valence-electron chi connectivity index (χ4n) is 8.45. The van der Waals surface area contributed by atoms with E-state index in [4.69, 9.17) is 19.3 Å². The number of fused-ring (bicyclic) bond motifs is 1. The number of para-hydroxylation sites is 1. The molecule has 7 rings (SSSR count). The Kier molecular flexibility index (Phi) is 8.51. The van der Waals surface area contributed by atoms with Crippen LogP contribution >= 0.6 is 0 Å². The van der Waals surface area contributed by atoms with E-state index < -0.39 is 23.4 Å². The number of carbonyl (C=O) groups is 3. The van der Waals surface area contributed by atoms with Crippen LogP contribution in [0.3, 0.4) is 0 Å². The average Bonchev–Trinajstić information content (AvgIpc) is 3.26. The Balaban J connectivity index is 1.36. The molecule has 4 aliphatic rings. The summed E-state index contributed by atoms with van der Waals surface area (Å²) in [5.74, 6) is 3.17. The predicted molar refractivity (Wildman–Crippen MR) is 181 cm³/mol. The summed E-state index contributed by atoms with van der Waals surface area (Å²) in [6, 6.07) is 12.9. The van der Waals surface area contributed by atoms with Crippen LogP contribution in [-0.4, -0.2) is 46.2 Å². The largest absolute Gasteiger partial charge is 0.496 e. The van der Waals surface area contributed by atoms with Crippen LogP contribution in [0.5, 0.6) is 5.75 Å². The molecule has 2 aromatic carbocycles. The maximum atomic E-state index is 13.8. The van der Waals surface area contributed by atoms with Crippen molar-refractivity contribution in [1.29, 1.82) is 0 Å². The molecule has 10 heteroatoms. The fourth-order valence-corrected chi connectivity index (χ4v) is 8.45. The van der Waals surface area contributed by atoms with E-state index >= 15 is 0 Å². The summed E-state index contributed by atoms with van der Waals surface area (Å²) in [4.78, 5) is 41.9. The topological polar surface area (TPSA) is 112 Å². The number of amides is 3. The van der Waals surface area contributed by atoms with Crippen molar-refractivity contribution in [2.24, 2.45) is 23.2 Å². The first kappa shape index (κ1) is 32.8. The molecule has 0 radical (unpaired) electrons. The van der Waals surface area contributed by atoms with Crippen LogP contribution in [0.1, 0.15) is 92.1 Å². The first-order valence-corrected chi connectivity index (χ1v) is 16.8. The summed E-state index contributed by atoms with van der Waals surface area (Å²) < 4.78 is 18.6. The molecule has 4 bridgehead atoms. The van der Waals surface area contributed by atoms with Gasteiger partial charge in [0.15, 0.2) is 5.82 Å². The lowest BCUT2D eigenvalue weighted by Gasteiger charge is -2.56. The number of hydrogen-bond donors (Lipinski definition) is 1. The summed E-state index contributed by atoms with van der Waals surface area (Å²) in [5, 5.41) is 8.52. The molecule has 10 nitrogen and oxygen atoms in total. The van der Waals surface area contributed by atoms with Crippen molar-refractivity contribution < 1.29 is 28.6 Å². The zero-order chi connectivity index (χ0) is 33.7. The third-order valence-corrected chi connectivity index (χ3v) is 9.57. The number of ether oxygens (including phenoxy) is 3. The molecule has 0 saturated heterocycles. The highest BCUT2D eigenvalue weighted by Gasteiger charge is 2.51. The molecule has 3 amide bonds. The molecule has 252 valence electrons. The Morgan fingerprint density at radius 1 is 0.894 bits per heavy atom. The van der Waals surface area contributed by atoms with Gasteiger partial charge in [-0.2, -0.15) is 10.00 Å². The van der Waals surface area contributed by atoms with Crippen LogP contribution in [0.15, 0.2) is 42.5 Å². The third-order valence-electron chi connectivity index (χ3n) is 9.57. The predicted octanol–water partition coefficient (Wildman–Crippen LogP) is 8.31. The van der Waals surface area contributed by atoms with Crippen molar-refractivity contribution in [3.8, 4) is 5.75 Å². The number of aromatic nitrogens is 2. The van der Waals surface area contributed by atoms with E-state index in [0.717, 1.165) is 47.5 Å². The van der Waals surface area contributed by atoms with Gasteiger partial charge >= 0.3 is 12.2 Å². The van der Waals surface area contributed by atoms with Crippen molar-refractivity contribution in [2.45, 2.75) is 104 Å². The summed E-state index contributed by atoms with van der Waals surface area (Å²) in [5.41, 5.74) is 0.264. The number of benzene rings is 2. The summed E-state index contributed by atoms with van der Waals surface area (Å²) in [6.45, 7) is 10.6. The van der Waals surface area contributed by atoms with Gasteiger partial charge in [-0.3, -0.25) is 4.79 Å². The molecule has 47 heavy (non-hydrogen) atoms. The SMILES string of the molecule is COc1ccccc1Cn1nc2cc(NC(=O)CC34CC5CC(CC(C5)C3)C4)ccc2c1N(C(=O)OC(C)(C)C)C(=O)OC(C)(C)C. The first-order valence-electron chi connectivity index (χ1n) is 16.8. The fraction of sp³-hybridized carbons (Fsp3) is 0.568. The van der Waals surface area contributed by atoms with E-state index in [1.807, 2.05) is 24.3 Å². The minimum atomic E-state index is -0.886. The lowest BCUT2D eigenvalue weighted by molar-refractivity contribution is -0.124. The third kappa shape index (κ3) is 7.26. The molecule has 0 aliphatic heterocycles. The van der Waals surface area contributed by atoms with E-state index in [1.54, 1.807) is 71.5 Å². The van der Waals surface area contributed by atoms with E-state index in [-0.39, 0.29) is 23.7 Å². The maximum absolute atomic E-state index is 13.8. The van der Waals surface area contributed by atoms with E-state index in [2.05, 4.69) is 5.32 Å². The highest BCUT2D eigenvalue weighted by Crippen LogP contribution is 2.61. The molecule has 1 heterocycles. The lowest BCUT2D eigenvalue weighted by atomic mass is 9.49. The van der Waals surface area contributed by atoms with Crippen molar-refractivity contribution in [3.63, 3.8) is 0 Å². The summed E-state index contributed by atoms with van der Waals surface area (Å²) >= 11 is 0. The highest BCUT2D eigenvalue weighted by atomic mass is 16.6. The van der Waals surface area contributed by atoms with Gasteiger partial charge in [-0.15, -0.1) is 0 Å². The number of imide groups is 1. The van der Waals surface area contributed by atoms with Gasteiger partial charge < -0.3 is 19.5 Å². The maximum Gasteiger partial charge on any atom is 0.425 e. The zero-order valence-electron chi connectivity index (χ0n) is 28.7. The number of rotatable bonds is 7. The monoisotopic (exact) mass is 644 g/mol. The van der Waals surface area contributed by atoms with Gasteiger partial charge in [0.25, 0.3) is 0 Å². The van der Waals surface area contributed by atoms with Crippen LogP contribution in [-0.2, 0) is 20.8 Å². The summed E-state index contributed by atoms with van der Waals surface area (Å²) in [7, 11) is 1.59. The molecule has 0 unspecified atom stereocenters. The first-order chi connectivity index (χ1) is 22.1. The van der Waals surface area contributed by atoms with Crippen molar-refractivity contribution >= 4 is 40.5 Å². The number of anilines is 2. The van der Waals surface area contributed by atoms with Crippen molar-refractivity contribution in [1.82, 2.24) is 9.78 Å². The van der Waals surface area contributed by atoms with E-state index in [0.29, 0.717) is 28.8 Å². The Morgan fingerprint density at radius 3 is 2.02 bits per heavy atom. The molecule has 0 atom stereocenters. The van der Waals surface area contributed by atoms with Crippen LogP contribution < -0.4 is 15.0 Å². The van der Waals surface area contributed by atoms with Gasteiger partial charge in [-0.05, 0) is 128 Å². The van der Waals surface area contributed by atoms with Gasteiger partial charge in [0, 0.05) is 23.1 Å². The molecule has 4 fully saturated rings. The number of nitrogens with zero attached hydrogens (tertiary/aromatic N) is 3. The lowest BCUT2D eigenvalue weighted by Crippen LogP contribution is -2.47. The number of methoxy groups -OCH3 is 1. The van der Waals surface area contributed by atoms with Crippen LogP contribution in [0.25, 0.3) is 10.9 Å². The van der Waals surface area contributed by atoms with E-state index in [1.165, 1.54) is 19.3 Å². The van der Waals surface area contributed by atoms with Gasteiger partial charge in [0.05, 0.1) is 19.2 Å². The van der Waals surface area contributed by atoms with Crippen molar-refractivity contribution in [3.05, 3.63) is 48.0 Å². The van der Waals surface area contributed by atoms with Gasteiger partial charge in [-0.1, -0.05) is 18.2 Å². The van der Waals surface area contributed by atoms with Crippen LogP contribution in [0.2, 0.25) is 0 Å². The molecule has 3 aromatic rings. The average molecular weight is 645 g/mol. The molecule has 1 aromatic heterocycles. The molecular formula is C37H48N4O6. The molecule has 4 aliphatic carbocycles. The molecule has 1 N–H and O–H groups in total. The minimum Gasteiger partial charge on any atom is -0.496 e. The minimum absolute atomic E-state index is 0.0177. The van der Waals surface area contributed by atoms with E-state index in [9.17, 15) is 14.4 Å². The van der Waals surface area contributed by atoms with Crippen molar-refractivity contribution in [2.75, 3.05) is 17.3 Å². The quantitative estimate of drug-likeness (QED) is 0.275. The second-order valence-electron chi connectivity index (χ2n) is 16.0. The van der Waals surface area contributed by atoms with Gasteiger partial charge in [-0.25, -0.2) is 14.3 Å². The van der Waals surface area contributed by atoms with Crippen LogP contribution in [0.4, 0.5) is 21.1 Å². The van der Waals surface area contributed by atoms with Gasteiger partial charge in [0.1, 0.15) is 17.0 Å². The zero-order valence-corrected chi connectivity index (χ0v) is 28.7. The normalized spacial score (nSPS) is 23.4. The highest BCUT2D eigenvalue weighted by molar-refractivity contribution is 6.14. The second-order valence-corrected chi connectivity index (χ2v) is 16.0. The number of nitrogens with one attached hydrogen (secondary N) is 1. The number of carbonyl (C=O) groups excluding carboxylic acids is 3. The van der Waals surface area contributed by atoms with Gasteiger partial charge in [0.2, 0.25) is 5.91 Å². The smallest absolute Gasteiger partial charge is 0.425 e. The molecule has 0 spiro atoms.